The molecule has 0 aliphatic rings. The maximum absolute atomic E-state index is 12.3. The normalized spacial score (nSPS) is 11.5. The van der Waals surface area contributed by atoms with Gasteiger partial charge in [-0.15, -0.1) is 11.3 Å². The molecule has 0 radical (unpaired) electrons. The van der Waals surface area contributed by atoms with Crippen LogP contribution in [0.25, 0.3) is 32.6 Å². The van der Waals surface area contributed by atoms with Gasteiger partial charge < -0.3 is 9.55 Å². The van der Waals surface area contributed by atoms with Crippen molar-refractivity contribution >= 4 is 33.3 Å². The van der Waals surface area contributed by atoms with Gasteiger partial charge in [0, 0.05) is 17.0 Å². The highest BCUT2D eigenvalue weighted by molar-refractivity contribution is 7.13. The summed E-state index contributed by atoms with van der Waals surface area (Å²) in [6, 6.07) is 15.9. The lowest BCUT2D eigenvalue weighted by Crippen LogP contribution is -2.10. The van der Waals surface area contributed by atoms with E-state index >= 15 is 0 Å². The molecule has 0 bridgehead atoms. The van der Waals surface area contributed by atoms with Gasteiger partial charge in [-0.2, -0.15) is 0 Å². The fourth-order valence-electron chi connectivity index (χ4n) is 3.66. The van der Waals surface area contributed by atoms with E-state index < -0.39 is 0 Å². The molecule has 3 heterocycles. The number of H-pyrrole nitrogens is 1. The number of para-hydroxylation sites is 2. The molecule has 1 N–H and O–H groups in total. The van der Waals surface area contributed by atoms with Gasteiger partial charge in [-0.25, -0.2) is 9.97 Å². The zero-order valence-electron chi connectivity index (χ0n) is 15.6. The summed E-state index contributed by atoms with van der Waals surface area (Å²) in [5.41, 5.74) is 7.71. The van der Waals surface area contributed by atoms with Gasteiger partial charge in [0.1, 0.15) is 0 Å². The van der Waals surface area contributed by atoms with Crippen LogP contribution in [-0.2, 0) is 6.54 Å². The van der Waals surface area contributed by atoms with Crippen LogP contribution >= 0.6 is 11.3 Å². The summed E-state index contributed by atoms with van der Waals surface area (Å²) >= 11 is 1.59. The number of pyridine rings is 1. The third-order valence-electron chi connectivity index (χ3n) is 5.02. The summed E-state index contributed by atoms with van der Waals surface area (Å²) in [6.07, 6.45) is 0. The Bertz CT molecular complexity index is 1390. The first-order chi connectivity index (χ1) is 13.6. The Kier molecular flexibility index (Phi) is 3.87. The first kappa shape index (κ1) is 16.9. The smallest absolute Gasteiger partial charge is 0.248 e. The number of aryl methyl sites for hydroxylation is 2. The molecule has 0 amide bonds. The monoisotopic (exact) mass is 386 g/mol. The molecule has 0 fully saturated rings. The van der Waals surface area contributed by atoms with Crippen molar-refractivity contribution in [1.29, 1.82) is 0 Å². The number of nitrogens with one attached hydrogen (secondary N) is 1. The Morgan fingerprint density at radius 2 is 1.96 bits per heavy atom. The highest BCUT2D eigenvalue weighted by atomic mass is 32.1. The van der Waals surface area contributed by atoms with E-state index in [0.717, 1.165) is 49.5 Å². The number of nitrogens with zero attached hydrogens (tertiary/aromatic N) is 3. The molecular weight excluding hydrogens is 368 g/mol. The molecular formula is C22H18N4OS. The van der Waals surface area contributed by atoms with Gasteiger partial charge in [0.25, 0.3) is 0 Å². The van der Waals surface area contributed by atoms with Crippen molar-refractivity contribution in [3.8, 4) is 10.7 Å². The number of aromatic nitrogens is 4. The molecule has 5 aromatic rings. The standard InChI is InChI=1S/C22H18N4OS/c1-13-7-8-17-16(9-13)15(10-20(27)24-17)11-26-19-6-4-3-5-18(19)25-22(26)21-14(2)23-12-28-21/h3-10,12H,11H2,1-2H3,(H,24,27). The SMILES string of the molecule is Cc1ccc2[nH]c(=O)cc(Cn3c(-c4scnc4C)nc4ccccc43)c2c1. The van der Waals surface area contributed by atoms with Gasteiger partial charge in [-0.1, -0.05) is 23.8 Å². The second kappa shape index (κ2) is 6.42. The Morgan fingerprint density at radius 1 is 1.11 bits per heavy atom. The molecule has 0 saturated carbocycles. The fraction of sp³-hybridized carbons (Fsp3) is 0.136. The van der Waals surface area contributed by atoms with Crippen LogP contribution < -0.4 is 5.56 Å². The van der Waals surface area contributed by atoms with Gasteiger partial charge in [0.05, 0.1) is 33.7 Å². The van der Waals surface area contributed by atoms with Crippen LogP contribution in [0, 0.1) is 13.8 Å². The summed E-state index contributed by atoms with van der Waals surface area (Å²) in [4.78, 5) is 25.5. The molecule has 5 nitrogen and oxygen atoms in total. The first-order valence-electron chi connectivity index (χ1n) is 9.08. The second-order valence-corrected chi connectivity index (χ2v) is 7.84. The maximum atomic E-state index is 12.3. The lowest BCUT2D eigenvalue weighted by atomic mass is 10.1. The molecule has 0 aliphatic carbocycles. The van der Waals surface area contributed by atoms with Crippen LogP contribution in [0.4, 0.5) is 0 Å². The third kappa shape index (κ3) is 2.73. The highest BCUT2D eigenvalue weighted by Crippen LogP contribution is 2.31. The molecule has 5 rings (SSSR count). The zero-order chi connectivity index (χ0) is 19.3. The number of fused-ring (bicyclic) bond motifs is 2. The number of benzene rings is 2. The summed E-state index contributed by atoms with van der Waals surface area (Å²) in [5.74, 6) is 0.891. The van der Waals surface area contributed by atoms with Gasteiger partial charge in [0.15, 0.2) is 5.82 Å². The lowest BCUT2D eigenvalue weighted by molar-refractivity contribution is 0.838. The molecule has 0 atom stereocenters. The summed E-state index contributed by atoms with van der Waals surface area (Å²) in [6.45, 7) is 4.63. The van der Waals surface area contributed by atoms with E-state index in [1.54, 1.807) is 17.4 Å². The van der Waals surface area contributed by atoms with Crippen LogP contribution in [0.15, 0.2) is 58.8 Å². The van der Waals surface area contributed by atoms with Gasteiger partial charge in [0.2, 0.25) is 5.56 Å². The molecule has 0 saturated heterocycles. The minimum Gasteiger partial charge on any atom is -0.322 e. The van der Waals surface area contributed by atoms with E-state index in [1.807, 2.05) is 42.8 Å². The quantitative estimate of drug-likeness (QED) is 0.490. The van der Waals surface area contributed by atoms with E-state index in [1.165, 1.54) is 0 Å². The van der Waals surface area contributed by atoms with Crippen LogP contribution in [0.2, 0.25) is 0 Å². The van der Waals surface area contributed by atoms with Crippen molar-refractivity contribution in [2.45, 2.75) is 20.4 Å². The Balaban J connectivity index is 1.77. The molecule has 138 valence electrons. The topological polar surface area (TPSA) is 63.6 Å². The van der Waals surface area contributed by atoms with Crippen molar-refractivity contribution in [3.05, 3.63) is 81.2 Å². The van der Waals surface area contributed by atoms with E-state index in [4.69, 9.17) is 4.98 Å². The molecule has 0 aliphatic heterocycles. The van der Waals surface area contributed by atoms with Crippen molar-refractivity contribution in [2.24, 2.45) is 0 Å². The van der Waals surface area contributed by atoms with Crippen molar-refractivity contribution in [3.63, 3.8) is 0 Å². The largest absolute Gasteiger partial charge is 0.322 e. The molecule has 6 heteroatoms. The first-order valence-corrected chi connectivity index (χ1v) is 9.96. The van der Waals surface area contributed by atoms with Crippen LogP contribution in [0.5, 0.6) is 0 Å². The molecule has 0 spiro atoms. The van der Waals surface area contributed by atoms with Crippen LogP contribution in [0.1, 0.15) is 16.8 Å². The molecule has 28 heavy (non-hydrogen) atoms. The maximum Gasteiger partial charge on any atom is 0.248 e. The summed E-state index contributed by atoms with van der Waals surface area (Å²) in [7, 11) is 0. The van der Waals surface area contributed by atoms with Crippen LogP contribution in [-0.4, -0.2) is 19.5 Å². The predicted molar refractivity (Wildman–Crippen MR) is 114 cm³/mol. The van der Waals surface area contributed by atoms with E-state index in [2.05, 4.69) is 33.6 Å². The predicted octanol–water partition coefficient (Wildman–Crippen LogP) is 4.67. The Morgan fingerprint density at radius 3 is 2.79 bits per heavy atom. The average molecular weight is 386 g/mol. The molecule has 0 unspecified atom stereocenters. The number of hydrogen-bond acceptors (Lipinski definition) is 4. The number of rotatable bonds is 3. The van der Waals surface area contributed by atoms with E-state index in [-0.39, 0.29) is 5.56 Å². The average Bonchev–Trinajstić information content (AvgIpc) is 3.26. The van der Waals surface area contributed by atoms with Crippen molar-refractivity contribution in [1.82, 2.24) is 19.5 Å². The van der Waals surface area contributed by atoms with E-state index in [0.29, 0.717) is 6.54 Å². The van der Waals surface area contributed by atoms with Crippen molar-refractivity contribution < 1.29 is 0 Å². The number of aromatic amines is 1. The highest BCUT2D eigenvalue weighted by Gasteiger charge is 2.17. The second-order valence-electron chi connectivity index (χ2n) is 6.99. The van der Waals surface area contributed by atoms with Crippen molar-refractivity contribution in [2.75, 3.05) is 0 Å². The van der Waals surface area contributed by atoms with Gasteiger partial charge in [-0.05, 0) is 43.7 Å². The third-order valence-corrected chi connectivity index (χ3v) is 5.94. The summed E-state index contributed by atoms with van der Waals surface area (Å²) in [5, 5.41) is 1.06. The summed E-state index contributed by atoms with van der Waals surface area (Å²) < 4.78 is 2.19. The van der Waals surface area contributed by atoms with Crippen LogP contribution in [0.3, 0.4) is 0 Å². The van der Waals surface area contributed by atoms with E-state index in [9.17, 15) is 4.79 Å². The Hall–Kier alpha value is -3.25. The Labute approximate surface area is 165 Å². The minimum absolute atomic E-state index is 0.0914. The number of imidazole rings is 1. The lowest BCUT2D eigenvalue weighted by Gasteiger charge is -2.12. The number of hydrogen-bond donors (Lipinski definition) is 1. The minimum atomic E-state index is -0.0914. The van der Waals surface area contributed by atoms with Gasteiger partial charge >= 0.3 is 0 Å². The van der Waals surface area contributed by atoms with Gasteiger partial charge in [-0.3, -0.25) is 4.79 Å². The molecule has 2 aromatic carbocycles. The number of thiazole rings is 1. The fourth-order valence-corrected chi connectivity index (χ4v) is 4.46. The molecule has 3 aromatic heterocycles. The zero-order valence-corrected chi connectivity index (χ0v) is 16.4.